The van der Waals surface area contributed by atoms with Crippen LogP contribution in [-0.4, -0.2) is 134 Å². The molecule has 476 valence electrons. The minimum absolute atomic E-state index is 0.00834. The Kier molecular flexibility index (Phi) is 23.9. The third-order valence-corrected chi connectivity index (χ3v) is 35.3. The van der Waals surface area contributed by atoms with Crippen LogP contribution in [0.4, 0.5) is 0 Å². The Bertz CT molecular complexity index is 3110. The van der Waals surface area contributed by atoms with Gasteiger partial charge in [-0.15, -0.1) is 0 Å². The molecule has 8 rings (SSSR count). The van der Waals surface area contributed by atoms with Gasteiger partial charge >= 0.3 is 553 Å². The zero-order chi connectivity index (χ0) is 65.7. The van der Waals surface area contributed by atoms with Crippen LogP contribution in [0.3, 0.4) is 0 Å². The Morgan fingerprint density at radius 2 is 0.681 bits per heavy atom. The van der Waals surface area contributed by atoms with Crippen LogP contribution in [0.1, 0.15) is 88.8 Å². The van der Waals surface area contributed by atoms with Crippen molar-refractivity contribution >= 4 is 52.2 Å². The number of esters is 4. The molecule has 0 radical (unpaired) electrons. The number of hydrogen-bond acceptors (Lipinski definition) is 18. The molecule has 0 aromatic heterocycles. The van der Waals surface area contributed by atoms with Gasteiger partial charge in [0, 0.05) is 0 Å². The number of methoxy groups -OCH3 is 4. The molecule has 0 aliphatic carbocycles. The number of β-lactam (4-membered cyclic amide) rings is 2. The second kappa shape index (κ2) is 31.1. The summed E-state index contributed by atoms with van der Waals surface area (Å²) in [6, 6.07) is 56.5. The van der Waals surface area contributed by atoms with Crippen molar-refractivity contribution < 1.29 is 88.2 Å². The van der Waals surface area contributed by atoms with Gasteiger partial charge in [0.2, 0.25) is 0 Å². The number of carbonyl (C=O) groups is 6. The first-order chi connectivity index (χ1) is 43.5. The van der Waals surface area contributed by atoms with Gasteiger partial charge in [0.05, 0.1) is 0 Å². The summed E-state index contributed by atoms with van der Waals surface area (Å²) >= 11 is -3.02. The van der Waals surface area contributed by atoms with Gasteiger partial charge in [-0.1, -0.05) is 0 Å². The predicted molar refractivity (Wildman–Crippen MR) is 343 cm³/mol. The molecule has 2 saturated heterocycles. The van der Waals surface area contributed by atoms with Crippen molar-refractivity contribution in [3.05, 3.63) is 238 Å². The molecule has 2 N–H and O–H groups in total. The van der Waals surface area contributed by atoms with Crippen molar-refractivity contribution in [1.82, 2.24) is 20.4 Å². The predicted octanol–water partition coefficient (Wildman–Crippen LogP) is 10.2. The van der Waals surface area contributed by atoms with E-state index in [4.69, 9.17) is 37.9 Å². The molecule has 0 bridgehead atoms. The Hall–Kier alpha value is -6.98. The molecule has 21 heteroatoms. The van der Waals surface area contributed by atoms with E-state index in [2.05, 4.69) is 10.6 Å². The molecule has 2 amide bonds. The molecule has 0 saturated carbocycles. The third kappa shape index (κ3) is 15.9. The van der Waals surface area contributed by atoms with E-state index in [1.54, 1.807) is 41.5 Å². The summed E-state index contributed by atoms with van der Waals surface area (Å²) in [5.74, 6) is -4.21. The molecular weight excluding hydrogens is 1390 g/mol. The van der Waals surface area contributed by atoms with Crippen LogP contribution in [0, 0.1) is 0 Å². The summed E-state index contributed by atoms with van der Waals surface area (Å²) in [6.07, 6.45) is -2.63. The first-order valence-electron chi connectivity index (χ1n) is 29.6. The molecule has 2 aliphatic rings. The van der Waals surface area contributed by atoms with Crippen molar-refractivity contribution in [2.75, 3.05) is 41.7 Å². The number of carbonyl (C=O) groups excluding carboxylic acids is 6. The number of likely N-dealkylation sites (tertiary alicyclic amines) is 2. The number of nitrogens with zero attached hydrogens (tertiary/aromatic N) is 2. The fourth-order valence-electron chi connectivity index (χ4n) is 11.3. The molecule has 2 aliphatic heterocycles. The van der Waals surface area contributed by atoms with Gasteiger partial charge in [-0.05, 0) is 0 Å². The van der Waals surface area contributed by atoms with Crippen molar-refractivity contribution in [1.29, 1.82) is 0 Å². The van der Waals surface area contributed by atoms with Crippen LogP contribution in [0.25, 0.3) is 0 Å². The van der Waals surface area contributed by atoms with Crippen LogP contribution in [0.5, 0.6) is 0 Å². The second-order valence-corrected chi connectivity index (χ2v) is 42.1. The van der Waals surface area contributed by atoms with E-state index in [0.717, 1.165) is 33.4 Å². The summed E-state index contributed by atoms with van der Waals surface area (Å²) in [5, 5.41) is 5.95. The number of ether oxygens (including phenoxy) is 8. The van der Waals surface area contributed by atoms with E-state index < -0.39 is 128 Å². The Morgan fingerprint density at radius 1 is 0.440 bits per heavy atom. The standard InChI is InChI=1S/2C35H40N2O7S.Hg/c2*1-23(38)43-22-27(33(41-5)42-6)29(32(40)44-34(2,3)4)37-30(39)28(31(37)45)36-35(24-16-10-7-11-17-24,25-18-12-8-13-19-25)26-20-14-9-15-21-26;/h2*7-21,28,31,33,36,45H,22H2,1-6H3;/q;;+2/p-2. The molecule has 4 atom stereocenters. The van der Waals surface area contributed by atoms with E-state index in [1.807, 2.05) is 182 Å². The number of amides is 2. The van der Waals surface area contributed by atoms with Gasteiger partial charge in [0.25, 0.3) is 0 Å². The van der Waals surface area contributed by atoms with Crippen LogP contribution in [0.2, 0.25) is 0 Å². The summed E-state index contributed by atoms with van der Waals surface area (Å²) in [5.41, 5.74) is -0.201. The molecule has 18 nitrogen and oxygen atoms in total. The van der Waals surface area contributed by atoms with Gasteiger partial charge in [-0.2, -0.15) is 0 Å². The molecular formula is C70H78HgN4O14S2. The van der Waals surface area contributed by atoms with E-state index in [-0.39, 0.29) is 22.5 Å². The average Bonchev–Trinajstić information content (AvgIpc) is 0.733. The fraction of sp³-hybridized carbons (Fsp3) is 0.343. The summed E-state index contributed by atoms with van der Waals surface area (Å²) in [6.45, 7) is 11.6. The van der Waals surface area contributed by atoms with Crippen molar-refractivity contribution in [3.63, 3.8) is 0 Å². The molecule has 91 heavy (non-hydrogen) atoms. The molecule has 6 aromatic carbocycles. The Labute approximate surface area is 549 Å². The fourth-order valence-corrected chi connectivity index (χ4v) is 34.7. The van der Waals surface area contributed by atoms with Gasteiger partial charge in [-0.25, -0.2) is 0 Å². The molecule has 2 fully saturated rings. The average molecular weight is 1460 g/mol. The van der Waals surface area contributed by atoms with Crippen LogP contribution < -0.4 is 10.6 Å². The first kappa shape index (κ1) is 69.9. The van der Waals surface area contributed by atoms with Crippen LogP contribution in [0.15, 0.2) is 205 Å². The molecule has 0 spiro atoms. The van der Waals surface area contributed by atoms with Gasteiger partial charge in [0.1, 0.15) is 0 Å². The molecule has 4 unspecified atom stereocenters. The zero-order valence-corrected chi connectivity index (χ0v) is 60.5. The van der Waals surface area contributed by atoms with Crippen molar-refractivity contribution in [3.8, 4) is 0 Å². The SMILES string of the molecule is COC(OC)C(COC(C)=O)=C(C(=O)OC(C)(C)C)N1C(=O)C(NC(c2ccccc2)(c2ccccc2)c2ccccc2)C1[S][Hg][S]C1C(NC(c2ccccc2)(c2ccccc2)c2ccccc2)C(=O)N1C(C(=O)OC(C)(C)C)=C(COC(C)=O)C(OC)OC. The quantitative estimate of drug-likeness (QED) is 0.00891. The molecule has 2 heterocycles. The van der Waals surface area contributed by atoms with E-state index in [1.165, 1.54) is 68.6 Å². The Morgan fingerprint density at radius 3 is 0.890 bits per heavy atom. The first-order valence-corrected chi connectivity index (χ1v) is 45.2. The number of rotatable bonds is 28. The monoisotopic (exact) mass is 1460 g/mol. The number of hydrogen-bond donors (Lipinski definition) is 2. The van der Waals surface area contributed by atoms with E-state index in [9.17, 15) is 9.59 Å². The van der Waals surface area contributed by atoms with Gasteiger partial charge < -0.3 is 0 Å². The van der Waals surface area contributed by atoms with Crippen molar-refractivity contribution in [2.45, 2.75) is 113 Å². The summed E-state index contributed by atoms with van der Waals surface area (Å²) in [4.78, 5) is 90.6. The normalized spacial score (nSPS) is 17.5. The van der Waals surface area contributed by atoms with E-state index in [0.29, 0.717) is 0 Å². The van der Waals surface area contributed by atoms with Crippen LogP contribution in [-0.2, 0) is 99.3 Å². The summed E-state index contributed by atoms with van der Waals surface area (Å²) in [7, 11) is 8.41. The molecule has 6 aromatic rings. The third-order valence-electron chi connectivity index (χ3n) is 15.1. The maximum absolute atomic E-state index is 16.0. The topological polar surface area (TPSA) is 207 Å². The van der Waals surface area contributed by atoms with Gasteiger partial charge in [0.15, 0.2) is 0 Å². The Balaban J connectivity index is 1.36. The van der Waals surface area contributed by atoms with Crippen LogP contribution >= 0.6 is 16.5 Å². The maximum atomic E-state index is 16.0. The minimum atomic E-state index is -3.02. The second-order valence-electron chi connectivity index (χ2n) is 23.5. The summed E-state index contributed by atoms with van der Waals surface area (Å²) < 4.78 is 46.9. The zero-order valence-electron chi connectivity index (χ0n) is 53.3. The van der Waals surface area contributed by atoms with Gasteiger partial charge in [-0.3, -0.25) is 0 Å². The van der Waals surface area contributed by atoms with Crippen molar-refractivity contribution in [2.24, 2.45) is 0 Å². The number of nitrogens with one attached hydrogen (secondary N) is 2. The van der Waals surface area contributed by atoms with E-state index >= 15 is 19.2 Å². The number of benzene rings is 6.